The number of fused-ring (bicyclic) bond motifs is 11. The van der Waals surface area contributed by atoms with Gasteiger partial charge in [-0.3, -0.25) is 0 Å². The Hall–Kier alpha value is -5.80. The highest BCUT2D eigenvalue weighted by Gasteiger charge is 2.19. The number of thiophene rings is 2. The van der Waals surface area contributed by atoms with Gasteiger partial charge in [0.1, 0.15) is 0 Å². The summed E-state index contributed by atoms with van der Waals surface area (Å²) in [6.45, 7) is 0. The van der Waals surface area contributed by atoms with Crippen LogP contribution in [-0.2, 0) is 0 Å². The van der Waals surface area contributed by atoms with Gasteiger partial charge in [-0.05, 0) is 84.6 Å². The zero-order valence-corrected chi connectivity index (χ0v) is 28.6. The third kappa shape index (κ3) is 4.10. The van der Waals surface area contributed by atoms with Gasteiger partial charge in [0.2, 0.25) is 0 Å². The van der Waals surface area contributed by atoms with E-state index >= 15 is 0 Å². The average molecular weight is 669 g/mol. The Labute approximate surface area is 297 Å². The van der Waals surface area contributed by atoms with Gasteiger partial charge >= 0.3 is 0 Å². The minimum Gasteiger partial charge on any atom is -0.135 e. The lowest BCUT2D eigenvalue weighted by atomic mass is 9.85. The zero-order chi connectivity index (χ0) is 32.8. The summed E-state index contributed by atoms with van der Waals surface area (Å²) in [6.07, 6.45) is 0. The van der Waals surface area contributed by atoms with Crippen LogP contribution in [0.25, 0.3) is 106 Å². The molecule has 0 radical (unpaired) electrons. The van der Waals surface area contributed by atoms with Crippen molar-refractivity contribution in [2.75, 3.05) is 0 Å². The van der Waals surface area contributed by atoms with Gasteiger partial charge in [0, 0.05) is 45.7 Å². The molecule has 0 fully saturated rings. The molecule has 11 rings (SSSR count). The Bertz CT molecular complexity index is 3070. The van der Waals surface area contributed by atoms with Gasteiger partial charge < -0.3 is 0 Å². The summed E-state index contributed by atoms with van der Waals surface area (Å²) in [4.78, 5) is 0. The van der Waals surface area contributed by atoms with Crippen molar-refractivity contribution in [2.24, 2.45) is 0 Å². The van der Waals surface area contributed by atoms with E-state index in [-0.39, 0.29) is 0 Å². The molecular weight excluding hydrogens is 641 g/mol. The standard InChI is InChI=1S/C48H28S2/c1-2-10-29(11-3-1)30-18-20-31(21-19-30)45-33-12-4-6-14-35(33)46(36-15-7-5-13-34(36)45)32-22-26-43-41(28-32)39-24-23-37-38(48(39)50-43)25-27-44-47(37)40-16-8-9-17-42(40)49-44/h1-28H. The third-order valence-corrected chi connectivity index (χ3v) is 12.8. The highest BCUT2D eigenvalue weighted by molar-refractivity contribution is 7.27. The van der Waals surface area contributed by atoms with E-state index in [1.807, 2.05) is 22.7 Å². The normalized spacial score (nSPS) is 12.0. The number of hydrogen-bond donors (Lipinski definition) is 0. The van der Waals surface area contributed by atoms with Crippen LogP contribution < -0.4 is 0 Å². The molecule has 50 heavy (non-hydrogen) atoms. The predicted molar refractivity (Wildman–Crippen MR) is 221 cm³/mol. The number of rotatable bonds is 3. The first-order valence-corrected chi connectivity index (χ1v) is 18.7. The van der Waals surface area contributed by atoms with Gasteiger partial charge in [-0.25, -0.2) is 0 Å². The van der Waals surface area contributed by atoms with E-state index in [0.717, 1.165) is 0 Å². The molecule has 9 aromatic carbocycles. The molecule has 0 bridgehead atoms. The molecule has 11 aromatic rings. The maximum Gasteiger partial charge on any atom is 0.0434 e. The molecule has 0 saturated carbocycles. The quantitative estimate of drug-likeness (QED) is 0.164. The van der Waals surface area contributed by atoms with Crippen LogP contribution in [0.2, 0.25) is 0 Å². The van der Waals surface area contributed by atoms with Gasteiger partial charge in [-0.15, -0.1) is 22.7 Å². The largest absolute Gasteiger partial charge is 0.135 e. The maximum absolute atomic E-state index is 2.45. The van der Waals surface area contributed by atoms with Gasteiger partial charge in [-0.2, -0.15) is 0 Å². The van der Waals surface area contributed by atoms with Crippen molar-refractivity contribution in [3.63, 3.8) is 0 Å². The molecule has 0 saturated heterocycles. The van der Waals surface area contributed by atoms with Gasteiger partial charge in [-0.1, -0.05) is 146 Å². The van der Waals surface area contributed by atoms with Crippen LogP contribution in [0.15, 0.2) is 170 Å². The highest BCUT2D eigenvalue weighted by Crippen LogP contribution is 2.47. The van der Waals surface area contributed by atoms with Crippen LogP contribution in [0.4, 0.5) is 0 Å². The Morgan fingerprint density at radius 1 is 0.260 bits per heavy atom. The molecule has 0 aliphatic carbocycles. The first-order valence-electron chi connectivity index (χ1n) is 17.1. The van der Waals surface area contributed by atoms with E-state index in [1.165, 1.54) is 106 Å². The van der Waals surface area contributed by atoms with Crippen LogP contribution in [0.5, 0.6) is 0 Å². The topological polar surface area (TPSA) is 0 Å². The molecule has 0 amide bonds. The van der Waals surface area contributed by atoms with Crippen molar-refractivity contribution in [3.05, 3.63) is 170 Å². The lowest BCUT2D eigenvalue weighted by molar-refractivity contribution is 1.61. The average Bonchev–Trinajstić information content (AvgIpc) is 3.76. The molecular formula is C48H28S2. The van der Waals surface area contributed by atoms with Crippen molar-refractivity contribution >= 4 is 95.3 Å². The lowest BCUT2D eigenvalue weighted by Gasteiger charge is -2.18. The van der Waals surface area contributed by atoms with Crippen molar-refractivity contribution in [2.45, 2.75) is 0 Å². The van der Waals surface area contributed by atoms with E-state index in [0.29, 0.717) is 0 Å². The fourth-order valence-corrected chi connectivity index (χ4v) is 10.6. The molecule has 2 aromatic heterocycles. The van der Waals surface area contributed by atoms with Gasteiger partial charge in [0.05, 0.1) is 0 Å². The maximum atomic E-state index is 2.45. The van der Waals surface area contributed by atoms with Crippen LogP contribution in [-0.4, -0.2) is 0 Å². The summed E-state index contributed by atoms with van der Waals surface area (Å²) < 4.78 is 5.41. The van der Waals surface area contributed by atoms with Crippen LogP contribution >= 0.6 is 22.7 Å². The predicted octanol–water partition coefficient (Wildman–Crippen LogP) is 14.9. The molecule has 0 nitrogen and oxygen atoms in total. The third-order valence-electron chi connectivity index (χ3n) is 10.5. The minimum atomic E-state index is 1.23. The summed E-state index contributed by atoms with van der Waals surface area (Å²) >= 11 is 3.81. The Morgan fingerprint density at radius 2 is 0.740 bits per heavy atom. The van der Waals surface area contributed by atoms with E-state index in [9.17, 15) is 0 Å². The summed E-state index contributed by atoms with van der Waals surface area (Å²) in [6, 6.07) is 63.0. The number of benzene rings is 9. The highest BCUT2D eigenvalue weighted by atomic mass is 32.1. The van der Waals surface area contributed by atoms with Crippen molar-refractivity contribution in [3.8, 4) is 33.4 Å². The first-order chi connectivity index (χ1) is 24.8. The smallest absolute Gasteiger partial charge is 0.0434 e. The monoisotopic (exact) mass is 668 g/mol. The molecule has 0 aliphatic rings. The summed E-state index contributed by atoms with van der Waals surface area (Å²) in [5.74, 6) is 0. The van der Waals surface area contributed by atoms with E-state index in [2.05, 4.69) is 170 Å². The molecule has 232 valence electrons. The second kappa shape index (κ2) is 10.9. The second-order valence-electron chi connectivity index (χ2n) is 13.2. The summed E-state index contributed by atoms with van der Waals surface area (Å²) in [5, 5.41) is 13.2. The lowest BCUT2D eigenvalue weighted by Crippen LogP contribution is -1.91. The van der Waals surface area contributed by atoms with Crippen LogP contribution in [0, 0.1) is 0 Å². The molecule has 0 aliphatic heterocycles. The first kappa shape index (κ1) is 28.1. The molecule has 2 heteroatoms. The SMILES string of the molecule is c1ccc(-c2ccc(-c3c4ccccc4c(-c4ccc5sc6c(ccc7c6ccc6sc8ccccc8c67)c5c4)c4ccccc34)cc2)cc1. The Balaban J connectivity index is 1.13. The zero-order valence-electron chi connectivity index (χ0n) is 27.0. The molecule has 0 atom stereocenters. The Morgan fingerprint density at radius 3 is 1.46 bits per heavy atom. The van der Waals surface area contributed by atoms with Crippen molar-refractivity contribution in [1.82, 2.24) is 0 Å². The molecule has 0 N–H and O–H groups in total. The van der Waals surface area contributed by atoms with E-state index in [1.54, 1.807) is 0 Å². The van der Waals surface area contributed by atoms with Crippen LogP contribution in [0.3, 0.4) is 0 Å². The number of hydrogen-bond acceptors (Lipinski definition) is 2. The van der Waals surface area contributed by atoms with Crippen LogP contribution in [0.1, 0.15) is 0 Å². The van der Waals surface area contributed by atoms with Gasteiger partial charge in [0.15, 0.2) is 0 Å². The van der Waals surface area contributed by atoms with Gasteiger partial charge in [0.25, 0.3) is 0 Å². The molecule has 0 unspecified atom stereocenters. The van der Waals surface area contributed by atoms with Crippen molar-refractivity contribution < 1.29 is 0 Å². The summed E-state index contributed by atoms with van der Waals surface area (Å²) in [7, 11) is 0. The van der Waals surface area contributed by atoms with Crippen molar-refractivity contribution in [1.29, 1.82) is 0 Å². The molecule has 2 heterocycles. The fraction of sp³-hybridized carbons (Fsp3) is 0. The Kier molecular flexibility index (Phi) is 6.09. The summed E-state index contributed by atoms with van der Waals surface area (Å²) in [5.41, 5.74) is 7.56. The molecule has 0 spiro atoms. The minimum absolute atomic E-state index is 1.23. The van der Waals surface area contributed by atoms with E-state index < -0.39 is 0 Å². The van der Waals surface area contributed by atoms with E-state index in [4.69, 9.17) is 0 Å². The fourth-order valence-electron chi connectivity index (χ4n) is 8.23. The second-order valence-corrected chi connectivity index (χ2v) is 15.3.